The second kappa shape index (κ2) is 15.2. The Morgan fingerprint density at radius 2 is 1.79 bits per heavy atom. The van der Waals surface area contributed by atoms with Gasteiger partial charge in [0, 0.05) is 29.3 Å². The maximum absolute atomic E-state index is 14.7. The molecule has 2 aromatic heterocycles. The minimum atomic E-state index is -1.41. The van der Waals surface area contributed by atoms with Gasteiger partial charge < -0.3 is 40.2 Å². The van der Waals surface area contributed by atoms with Crippen molar-refractivity contribution in [3.05, 3.63) is 28.6 Å². The quantitative estimate of drug-likeness (QED) is 0.148. The molecule has 3 heterocycles. The third kappa shape index (κ3) is 7.93. The standard InChI is InChI=1S/C40H51ClN6O8S/c1-8-22-16-40(22,36(50)51)46-34(48)28-14-24(17-47(28)35(49)33(39(4,5)6)45-38(52)55-23-12-20-11-21(20)13-23)54-30-15-26(27-18-56-37(44-27)42-19(2)3)43-32-25(30)9-10-29(53-7)31(32)41/h9-10,15,18-24,28,33H,8,11-14,16-17H2,1-7H3,(H,42,44)(H,45,52)(H,46,48)(H,50,51)/t20-,21+,22-,23+,24-,28+,33-,40-/m1/s1. The second-order valence-corrected chi connectivity index (χ2v) is 18.3. The number of aromatic nitrogens is 2. The van der Waals surface area contributed by atoms with E-state index in [4.69, 9.17) is 35.8 Å². The van der Waals surface area contributed by atoms with Gasteiger partial charge in [-0.05, 0) is 74.8 Å². The van der Waals surface area contributed by atoms with E-state index in [9.17, 15) is 24.3 Å². The minimum Gasteiger partial charge on any atom is -0.495 e. The molecule has 14 nitrogen and oxygen atoms in total. The van der Waals surface area contributed by atoms with Crippen LogP contribution in [0.2, 0.25) is 5.02 Å². The number of alkyl carbamates (subject to hydrolysis) is 1. The highest BCUT2D eigenvalue weighted by Gasteiger charge is 2.61. The van der Waals surface area contributed by atoms with Crippen LogP contribution in [0.4, 0.5) is 9.93 Å². The van der Waals surface area contributed by atoms with Crippen molar-refractivity contribution in [1.82, 2.24) is 25.5 Å². The molecule has 8 atom stereocenters. The SMILES string of the molecule is CC[C@@H]1C[C@]1(NC(=O)[C@@H]1C[C@@H](Oc2cc(-c3csc(NC(C)C)n3)nc3c(Cl)c(OC)ccc23)CN1C(=O)[C@@H](NC(=O)O[C@@H]1C[C@@H]2C[C@@H]2C1)C(C)(C)C)C(=O)O. The average molecular weight is 811 g/mol. The number of anilines is 1. The third-order valence-electron chi connectivity index (χ3n) is 11.6. The molecule has 16 heteroatoms. The van der Waals surface area contributed by atoms with E-state index in [2.05, 4.69) is 16.0 Å². The molecule has 0 spiro atoms. The fourth-order valence-electron chi connectivity index (χ4n) is 8.32. The number of carboxylic acids is 1. The molecule has 3 saturated carbocycles. The number of thiazole rings is 1. The molecule has 3 aliphatic carbocycles. The molecule has 3 aromatic rings. The number of carbonyl (C=O) groups is 4. The Morgan fingerprint density at radius 1 is 1.05 bits per heavy atom. The molecule has 4 aliphatic rings. The van der Waals surface area contributed by atoms with Crippen LogP contribution < -0.4 is 25.4 Å². The number of nitrogens with zero attached hydrogens (tertiary/aromatic N) is 3. The number of carboxylic acid groups (broad SMARTS) is 1. The Kier molecular flexibility index (Phi) is 10.8. The number of fused-ring (bicyclic) bond motifs is 2. The van der Waals surface area contributed by atoms with E-state index >= 15 is 0 Å². The summed E-state index contributed by atoms with van der Waals surface area (Å²) in [5, 5.41) is 22.6. The van der Waals surface area contributed by atoms with E-state index in [-0.39, 0.29) is 36.1 Å². The summed E-state index contributed by atoms with van der Waals surface area (Å²) in [6, 6.07) is 3.28. The van der Waals surface area contributed by atoms with Crippen molar-refractivity contribution in [3.8, 4) is 22.9 Å². The summed E-state index contributed by atoms with van der Waals surface area (Å²) < 4.78 is 18.0. The highest BCUT2D eigenvalue weighted by molar-refractivity contribution is 7.14. The Balaban J connectivity index is 1.20. The Bertz CT molecular complexity index is 2030. The Labute approximate surface area is 335 Å². The molecule has 56 heavy (non-hydrogen) atoms. The maximum Gasteiger partial charge on any atom is 0.408 e. The zero-order valence-corrected chi connectivity index (χ0v) is 34.4. The van der Waals surface area contributed by atoms with Crippen molar-refractivity contribution in [1.29, 1.82) is 0 Å². The summed E-state index contributed by atoms with van der Waals surface area (Å²) in [6.07, 6.45) is 2.16. The van der Waals surface area contributed by atoms with Gasteiger partial charge in [-0.2, -0.15) is 0 Å². The highest BCUT2D eigenvalue weighted by Crippen LogP contribution is 2.52. The summed E-state index contributed by atoms with van der Waals surface area (Å²) in [7, 11) is 1.52. The molecular formula is C40H51ClN6O8S. The second-order valence-electron chi connectivity index (χ2n) is 17.1. The number of amides is 3. The predicted molar refractivity (Wildman–Crippen MR) is 212 cm³/mol. The molecular weight excluding hydrogens is 760 g/mol. The number of rotatable bonds is 13. The first kappa shape index (κ1) is 39.8. The lowest BCUT2D eigenvalue weighted by Gasteiger charge is -2.35. The lowest BCUT2D eigenvalue weighted by Crippen LogP contribution is -2.59. The van der Waals surface area contributed by atoms with Crippen molar-refractivity contribution in [3.63, 3.8) is 0 Å². The van der Waals surface area contributed by atoms with Gasteiger partial charge in [0.05, 0.1) is 24.9 Å². The molecule has 1 aromatic carbocycles. The van der Waals surface area contributed by atoms with Crippen LogP contribution in [0, 0.1) is 23.2 Å². The molecule has 7 rings (SSSR count). The summed E-state index contributed by atoms with van der Waals surface area (Å²) >= 11 is 8.26. The number of likely N-dealkylation sites (tertiary alicyclic amines) is 1. The highest BCUT2D eigenvalue weighted by atomic mass is 35.5. The van der Waals surface area contributed by atoms with E-state index in [0.717, 1.165) is 18.0 Å². The van der Waals surface area contributed by atoms with Gasteiger partial charge >= 0.3 is 12.1 Å². The van der Waals surface area contributed by atoms with Gasteiger partial charge in [-0.3, -0.25) is 9.59 Å². The lowest BCUT2D eigenvalue weighted by atomic mass is 9.85. The summed E-state index contributed by atoms with van der Waals surface area (Å²) in [6.45, 7) is 11.4. The number of hydrogen-bond acceptors (Lipinski definition) is 11. The Morgan fingerprint density at radius 3 is 2.41 bits per heavy atom. The lowest BCUT2D eigenvalue weighted by molar-refractivity contribution is -0.146. The average Bonchev–Trinajstić information content (AvgIpc) is 3.80. The van der Waals surface area contributed by atoms with E-state index in [0.29, 0.717) is 58.5 Å². The summed E-state index contributed by atoms with van der Waals surface area (Å²) in [4.78, 5) is 65.5. The number of pyridine rings is 1. The van der Waals surface area contributed by atoms with Crippen molar-refractivity contribution < 1.29 is 38.5 Å². The van der Waals surface area contributed by atoms with Crippen LogP contribution in [0.15, 0.2) is 23.6 Å². The van der Waals surface area contributed by atoms with Gasteiger partial charge in [0.25, 0.3) is 0 Å². The summed E-state index contributed by atoms with van der Waals surface area (Å²) in [5.74, 6) is -0.397. The van der Waals surface area contributed by atoms with E-state index in [1.54, 1.807) is 18.2 Å². The smallest absolute Gasteiger partial charge is 0.408 e. The molecule has 1 saturated heterocycles. The maximum atomic E-state index is 14.7. The number of ether oxygens (including phenoxy) is 3. The minimum absolute atomic E-state index is 0.0221. The third-order valence-corrected chi connectivity index (χ3v) is 12.7. The van der Waals surface area contributed by atoms with Crippen LogP contribution in [-0.2, 0) is 19.1 Å². The Hall–Kier alpha value is -4.37. The van der Waals surface area contributed by atoms with Crippen LogP contribution in [0.1, 0.15) is 80.1 Å². The topological polar surface area (TPSA) is 181 Å². The zero-order chi connectivity index (χ0) is 40.3. The number of halogens is 1. The molecule has 3 amide bonds. The van der Waals surface area contributed by atoms with E-state index in [1.165, 1.54) is 29.8 Å². The molecule has 0 radical (unpaired) electrons. The van der Waals surface area contributed by atoms with E-state index in [1.807, 2.05) is 46.9 Å². The number of aliphatic carboxylic acids is 1. The van der Waals surface area contributed by atoms with Crippen molar-refractivity contribution in [2.45, 2.75) is 116 Å². The summed E-state index contributed by atoms with van der Waals surface area (Å²) in [5.41, 5.74) is -0.672. The number of nitrogens with one attached hydrogen (secondary N) is 3. The van der Waals surface area contributed by atoms with Gasteiger partial charge in [0.2, 0.25) is 11.8 Å². The van der Waals surface area contributed by atoms with Crippen LogP contribution >= 0.6 is 22.9 Å². The van der Waals surface area contributed by atoms with Gasteiger partial charge in [0.15, 0.2) is 5.13 Å². The number of hydrogen-bond donors (Lipinski definition) is 4. The van der Waals surface area contributed by atoms with Gasteiger partial charge in [-0.15, -0.1) is 11.3 Å². The molecule has 4 fully saturated rings. The van der Waals surface area contributed by atoms with Crippen molar-refractivity contribution in [2.24, 2.45) is 23.2 Å². The van der Waals surface area contributed by atoms with E-state index < -0.39 is 53.0 Å². The van der Waals surface area contributed by atoms with Gasteiger partial charge in [-0.1, -0.05) is 45.7 Å². The van der Waals surface area contributed by atoms with Crippen LogP contribution in [0.3, 0.4) is 0 Å². The molecule has 1 aliphatic heterocycles. The number of methoxy groups -OCH3 is 1. The normalized spacial score (nSPS) is 27.1. The molecule has 4 N–H and O–H groups in total. The zero-order valence-electron chi connectivity index (χ0n) is 32.8. The molecule has 0 bridgehead atoms. The predicted octanol–water partition coefficient (Wildman–Crippen LogP) is 6.50. The van der Waals surface area contributed by atoms with Crippen molar-refractivity contribution in [2.75, 3.05) is 19.0 Å². The fourth-order valence-corrected chi connectivity index (χ4v) is 9.46. The van der Waals surface area contributed by atoms with Crippen LogP contribution in [0.25, 0.3) is 22.3 Å². The first-order valence-electron chi connectivity index (χ1n) is 19.4. The van der Waals surface area contributed by atoms with Crippen molar-refractivity contribution >= 4 is 62.8 Å². The number of carbonyl (C=O) groups excluding carboxylic acids is 3. The van der Waals surface area contributed by atoms with Crippen LogP contribution in [0.5, 0.6) is 11.5 Å². The van der Waals surface area contributed by atoms with Crippen LogP contribution in [-0.4, -0.2) is 93.4 Å². The van der Waals surface area contributed by atoms with Gasteiger partial charge in [0.1, 0.15) is 52.0 Å². The number of benzene rings is 1. The first-order valence-corrected chi connectivity index (χ1v) is 20.7. The van der Waals surface area contributed by atoms with Gasteiger partial charge in [-0.25, -0.2) is 19.6 Å². The fraction of sp³-hybridized carbons (Fsp3) is 0.600. The largest absolute Gasteiger partial charge is 0.495 e. The molecule has 302 valence electrons. The monoisotopic (exact) mass is 810 g/mol. The first-order chi connectivity index (χ1) is 26.5. The molecule has 0 unspecified atom stereocenters.